The molecule has 0 saturated heterocycles. The molecule has 0 aromatic heterocycles. The summed E-state index contributed by atoms with van der Waals surface area (Å²) in [6.45, 7) is 9.80. The third-order valence-corrected chi connectivity index (χ3v) is 4.27. The van der Waals surface area contributed by atoms with Crippen LogP contribution < -0.4 is 0 Å². The minimum absolute atomic E-state index is 0.0814. The van der Waals surface area contributed by atoms with Crippen LogP contribution in [0.25, 0.3) is 0 Å². The molecule has 18 heavy (non-hydrogen) atoms. The molecule has 0 N–H and O–H groups in total. The molecule has 0 spiro atoms. The Morgan fingerprint density at radius 2 is 1.89 bits per heavy atom. The molecule has 0 aliphatic heterocycles. The van der Waals surface area contributed by atoms with Gasteiger partial charge >= 0.3 is 0 Å². The number of hydrogen-bond donors (Lipinski definition) is 0. The molecule has 3 nitrogen and oxygen atoms in total. The lowest BCUT2D eigenvalue weighted by Gasteiger charge is -2.20. The van der Waals surface area contributed by atoms with Gasteiger partial charge in [-0.1, -0.05) is 39.8 Å². The highest BCUT2D eigenvalue weighted by atomic mass is 32.2. The molecule has 0 amide bonds. The summed E-state index contributed by atoms with van der Waals surface area (Å²) in [5.74, 6) is 0. The highest BCUT2D eigenvalue weighted by Crippen LogP contribution is 2.25. The molecule has 4 heteroatoms. The van der Waals surface area contributed by atoms with E-state index in [1.807, 2.05) is 33.8 Å². The van der Waals surface area contributed by atoms with Crippen LogP contribution in [0.4, 0.5) is 0 Å². The quantitative estimate of drug-likeness (QED) is 0.787. The Hall–Kier alpha value is -0.870. The largest absolute Gasteiger partial charge is 0.297 e. The van der Waals surface area contributed by atoms with E-state index in [0.717, 1.165) is 5.56 Å². The minimum Gasteiger partial charge on any atom is -0.263 e. The summed E-state index contributed by atoms with van der Waals surface area (Å²) in [5, 5.41) is 0. The lowest BCUT2D eigenvalue weighted by atomic mass is 9.87. The summed E-state index contributed by atoms with van der Waals surface area (Å²) in [6, 6.07) is 6.96. The lowest BCUT2D eigenvalue weighted by Crippen LogP contribution is -2.16. The van der Waals surface area contributed by atoms with Crippen molar-refractivity contribution in [3.63, 3.8) is 0 Å². The van der Waals surface area contributed by atoms with Crippen LogP contribution in [0.15, 0.2) is 29.2 Å². The van der Waals surface area contributed by atoms with Crippen LogP contribution in [0.2, 0.25) is 0 Å². The van der Waals surface area contributed by atoms with Gasteiger partial charge in [0.25, 0.3) is 10.1 Å². The van der Waals surface area contributed by atoms with Crippen LogP contribution in [-0.4, -0.2) is 14.5 Å². The van der Waals surface area contributed by atoms with Gasteiger partial charge in [-0.05, 0) is 36.5 Å². The van der Waals surface area contributed by atoms with Crippen molar-refractivity contribution < 1.29 is 12.6 Å². The van der Waals surface area contributed by atoms with Crippen LogP contribution in [0, 0.1) is 0 Å². The SMILES string of the molecule is CCC(C)OS(=O)(=O)c1cccc(C(C)(C)C)c1. The zero-order valence-corrected chi connectivity index (χ0v) is 12.5. The first-order chi connectivity index (χ1) is 8.16. The molecular formula is C14H22O3S. The summed E-state index contributed by atoms with van der Waals surface area (Å²) in [6.07, 6.45) is 0.367. The molecule has 0 saturated carbocycles. The van der Waals surface area contributed by atoms with E-state index >= 15 is 0 Å². The van der Waals surface area contributed by atoms with Gasteiger partial charge in [-0.25, -0.2) is 0 Å². The van der Waals surface area contributed by atoms with Crippen molar-refractivity contribution in [3.8, 4) is 0 Å². The van der Waals surface area contributed by atoms with E-state index in [2.05, 4.69) is 0 Å². The number of benzene rings is 1. The molecule has 1 rings (SSSR count). The third kappa shape index (κ3) is 3.82. The highest BCUT2D eigenvalue weighted by molar-refractivity contribution is 7.86. The molecular weight excluding hydrogens is 248 g/mol. The van der Waals surface area contributed by atoms with Gasteiger partial charge in [0.05, 0.1) is 11.0 Å². The Morgan fingerprint density at radius 3 is 2.39 bits per heavy atom. The lowest BCUT2D eigenvalue weighted by molar-refractivity contribution is 0.224. The van der Waals surface area contributed by atoms with E-state index in [1.54, 1.807) is 25.1 Å². The molecule has 0 heterocycles. The maximum atomic E-state index is 12.1. The van der Waals surface area contributed by atoms with Gasteiger partial charge in [-0.15, -0.1) is 0 Å². The van der Waals surface area contributed by atoms with Gasteiger partial charge in [-0.2, -0.15) is 8.42 Å². The molecule has 102 valence electrons. The Kier molecular flexibility index (Phi) is 4.56. The fourth-order valence-corrected chi connectivity index (χ4v) is 2.65. The van der Waals surface area contributed by atoms with E-state index in [1.165, 1.54) is 0 Å². The van der Waals surface area contributed by atoms with Crippen molar-refractivity contribution in [3.05, 3.63) is 29.8 Å². The van der Waals surface area contributed by atoms with Crippen LogP contribution in [0.5, 0.6) is 0 Å². The molecule has 1 aromatic rings. The van der Waals surface area contributed by atoms with Gasteiger partial charge < -0.3 is 0 Å². The summed E-state index contributed by atoms with van der Waals surface area (Å²) >= 11 is 0. The van der Waals surface area contributed by atoms with Gasteiger partial charge in [-0.3, -0.25) is 4.18 Å². The van der Waals surface area contributed by atoms with E-state index in [4.69, 9.17) is 4.18 Å². The smallest absolute Gasteiger partial charge is 0.263 e. The molecule has 0 aliphatic carbocycles. The molecule has 1 unspecified atom stereocenters. The summed E-state index contributed by atoms with van der Waals surface area (Å²) in [4.78, 5) is 0.232. The van der Waals surface area contributed by atoms with E-state index in [9.17, 15) is 8.42 Å². The first-order valence-electron chi connectivity index (χ1n) is 6.20. The Balaban J connectivity index is 3.11. The normalized spacial score (nSPS) is 14.5. The second-order valence-corrected chi connectivity index (χ2v) is 7.12. The average molecular weight is 270 g/mol. The maximum absolute atomic E-state index is 12.1. The first-order valence-corrected chi connectivity index (χ1v) is 7.61. The second kappa shape index (κ2) is 5.41. The van der Waals surface area contributed by atoms with Crippen LogP contribution in [-0.2, 0) is 19.7 Å². The molecule has 0 fully saturated rings. The van der Waals surface area contributed by atoms with Crippen LogP contribution in [0.1, 0.15) is 46.6 Å². The van der Waals surface area contributed by atoms with Crippen molar-refractivity contribution in [1.82, 2.24) is 0 Å². The standard InChI is InChI=1S/C14H22O3S/c1-6-11(2)17-18(15,16)13-9-7-8-12(10-13)14(3,4)5/h7-11H,6H2,1-5H3. The van der Waals surface area contributed by atoms with Gasteiger partial charge in [0, 0.05) is 0 Å². The number of rotatable bonds is 4. The average Bonchev–Trinajstić information content (AvgIpc) is 2.27. The van der Waals surface area contributed by atoms with Crippen LogP contribution >= 0.6 is 0 Å². The molecule has 0 radical (unpaired) electrons. The third-order valence-electron chi connectivity index (χ3n) is 2.85. The predicted octanol–water partition coefficient (Wildman–Crippen LogP) is 3.49. The monoisotopic (exact) mass is 270 g/mol. The number of hydrogen-bond acceptors (Lipinski definition) is 3. The molecule has 1 aromatic carbocycles. The van der Waals surface area contributed by atoms with Gasteiger partial charge in [0.2, 0.25) is 0 Å². The summed E-state index contributed by atoms with van der Waals surface area (Å²) < 4.78 is 29.2. The molecule has 0 aliphatic rings. The summed E-state index contributed by atoms with van der Waals surface area (Å²) in [5.41, 5.74) is 0.901. The topological polar surface area (TPSA) is 43.4 Å². The Labute approximate surface area is 110 Å². The van der Waals surface area contributed by atoms with E-state index < -0.39 is 10.1 Å². The fourth-order valence-electron chi connectivity index (χ4n) is 1.46. The zero-order chi connectivity index (χ0) is 14.0. The van der Waals surface area contributed by atoms with Gasteiger partial charge in [0.1, 0.15) is 0 Å². The maximum Gasteiger partial charge on any atom is 0.297 e. The highest BCUT2D eigenvalue weighted by Gasteiger charge is 2.21. The molecule has 1 atom stereocenters. The Morgan fingerprint density at radius 1 is 1.28 bits per heavy atom. The minimum atomic E-state index is -3.65. The van der Waals surface area contributed by atoms with E-state index in [0.29, 0.717) is 6.42 Å². The van der Waals surface area contributed by atoms with Gasteiger partial charge in [0.15, 0.2) is 0 Å². The van der Waals surface area contributed by atoms with Crippen molar-refractivity contribution in [2.45, 2.75) is 57.5 Å². The zero-order valence-electron chi connectivity index (χ0n) is 11.7. The predicted molar refractivity (Wildman–Crippen MR) is 73.2 cm³/mol. The van der Waals surface area contributed by atoms with E-state index in [-0.39, 0.29) is 16.4 Å². The fraction of sp³-hybridized carbons (Fsp3) is 0.571. The first kappa shape index (κ1) is 15.2. The summed E-state index contributed by atoms with van der Waals surface area (Å²) in [7, 11) is -3.65. The van der Waals surface area contributed by atoms with Crippen LogP contribution in [0.3, 0.4) is 0 Å². The van der Waals surface area contributed by atoms with Crippen molar-refractivity contribution in [1.29, 1.82) is 0 Å². The van der Waals surface area contributed by atoms with Crippen molar-refractivity contribution in [2.75, 3.05) is 0 Å². The molecule has 0 bridgehead atoms. The Bertz CT molecular complexity index is 498. The second-order valence-electron chi connectivity index (χ2n) is 5.55. The van der Waals surface area contributed by atoms with Crippen molar-refractivity contribution >= 4 is 10.1 Å². The van der Waals surface area contributed by atoms with Crippen molar-refractivity contribution in [2.24, 2.45) is 0 Å².